The molecule has 1 rings (SSSR count). The lowest BCUT2D eigenvalue weighted by molar-refractivity contribution is -0.161. The number of halogens is 7. The lowest BCUT2D eigenvalue weighted by Crippen LogP contribution is -2.19. The quantitative estimate of drug-likeness (QED) is 0.487. The van der Waals surface area contributed by atoms with Crippen molar-refractivity contribution in [3.63, 3.8) is 0 Å². The van der Waals surface area contributed by atoms with Gasteiger partial charge in [-0.1, -0.05) is 0 Å². The highest BCUT2D eigenvalue weighted by Crippen LogP contribution is 2.43. The molecule has 0 bridgehead atoms. The van der Waals surface area contributed by atoms with Gasteiger partial charge in [0.05, 0.1) is 11.1 Å². The maximum Gasteiger partial charge on any atom is 0.418 e. The molecule has 9 heteroatoms. The normalized spacial score (nSPS) is 12.6. The van der Waals surface area contributed by atoms with Crippen LogP contribution in [0.3, 0.4) is 0 Å². The van der Waals surface area contributed by atoms with Gasteiger partial charge in [-0.15, -0.1) is 0 Å². The Labute approximate surface area is 101 Å². The van der Waals surface area contributed by atoms with Crippen LogP contribution in [0.1, 0.15) is 21.5 Å². The lowest BCUT2D eigenvalue weighted by Gasteiger charge is -2.18. The van der Waals surface area contributed by atoms with Crippen LogP contribution in [0.15, 0.2) is 12.1 Å². The Balaban J connectivity index is 3.67. The number of hydrogen-bond donors (Lipinski definition) is 1. The summed E-state index contributed by atoms with van der Waals surface area (Å²) in [5.74, 6) is 0. The molecule has 0 heterocycles. The minimum absolute atomic E-state index is 0.0223. The van der Waals surface area contributed by atoms with E-state index in [1.165, 1.54) is 0 Å². The molecule has 0 aliphatic carbocycles. The van der Waals surface area contributed by atoms with Gasteiger partial charge in [-0.2, -0.15) is 26.3 Å². The van der Waals surface area contributed by atoms with E-state index < -0.39 is 40.0 Å². The van der Waals surface area contributed by atoms with Crippen LogP contribution in [-0.2, 0) is 12.4 Å². The number of hydrogen-bond acceptors (Lipinski definition) is 2. The van der Waals surface area contributed by atoms with E-state index in [0.717, 1.165) is 0 Å². The van der Waals surface area contributed by atoms with Gasteiger partial charge in [-0.05, 0) is 23.7 Å². The summed E-state index contributed by atoms with van der Waals surface area (Å²) in [7, 11) is 0. The monoisotopic (exact) mass is 291 g/mol. The molecule has 0 amide bonds. The molecule has 0 saturated heterocycles. The minimum atomic E-state index is -5.30. The second-order valence-corrected chi connectivity index (χ2v) is 3.60. The average Bonchev–Trinajstić information content (AvgIpc) is 2.12. The van der Waals surface area contributed by atoms with Gasteiger partial charge in [-0.3, -0.25) is 4.79 Å². The van der Waals surface area contributed by atoms with E-state index in [2.05, 4.69) is 0 Å². The molecule has 100 valence electrons. The summed E-state index contributed by atoms with van der Waals surface area (Å²) in [4.78, 5) is 10.7. The zero-order valence-corrected chi connectivity index (χ0v) is 9.04. The Morgan fingerprint density at radius 2 is 1.56 bits per heavy atom. The molecule has 1 aromatic carbocycles. The predicted molar refractivity (Wildman–Crippen MR) is 51.0 cm³/mol. The van der Waals surface area contributed by atoms with Crippen molar-refractivity contribution in [1.29, 1.82) is 0 Å². The van der Waals surface area contributed by atoms with Crippen LogP contribution in [0, 0.1) is 0 Å². The van der Waals surface area contributed by atoms with Gasteiger partial charge < -0.3 is 5.73 Å². The van der Waals surface area contributed by atoms with Crippen molar-refractivity contribution in [3.05, 3.63) is 28.8 Å². The summed E-state index contributed by atoms with van der Waals surface area (Å²) in [5, 5.41) is -1.33. The maximum atomic E-state index is 12.5. The van der Waals surface area contributed by atoms with Crippen LogP contribution >= 0.6 is 11.6 Å². The molecule has 0 saturated carbocycles. The molecule has 0 aromatic heterocycles. The molecule has 0 unspecified atom stereocenters. The smallest absolute Gasteiger partial charge is 0.398 e. The van der Waals surface area contributed by atoms with Crippen molar-refractivity contribution in [2.24, 2.45) is 0 Å². The minimum Gasteiger partial charge on any atom is -0.398 e. The average molecular weight is 292 g/mol. The Bertz CT molecular complexity index is 493. The number of nitrogens with two attached hydrogens (primary N) is 1. The first-order valence-electron chi connectivity index (χ1n) is 4.22. The number of rotatable bonds is 1. The maximum absolute atomic E-state index is 12.5. The molecule has 0 atom stereocenters. The molecule has 0 aliphatic heterocycles. The van der Waals surface area contributed by atoms with Gasteiger partial charge in [0.25, 0.3) is 5.24 Å². The van der Waals surface area contributed by atoms with Crippen molar-refractivity contribution >= 4 is 22.5 Å². The van der Waals surface area contributed by atoms with Crippen LogP contribution in [0.4, 0.5) is 32.0 Å². The second-order valence-electron chi connectivity index (χ2n) is 3.26. The first kappa shape index (κ1) is 14.6. The summed E-state index contributed by atoms with van der Waals surface area (Å²) < 4.78 is 74.9. The van der Waals surface area contributed by atoms with Crippen molar-refractivity contribution in [2.75, 3.05) is 5.73 Å². The highest BCUT2D eigenvalue weighted by Gasteiger charge is 2.45. The van der Waals surface area contributed by atoms with E-state index in [1.54, 1.807) is 0 Å². The van der Waals surface area contributed by atoms with Gasteiger partial charge >= 0.3 is 12.4 Å². The second kappa shape index (κ2) is 4.34. The standard InChI is InChI=1S/C9H4ClF6NO/c10-7(18)3-1-4(8(11,12)13)6(5(17)2-3)9(14,15)16/h1-2H,17H2. The van der Waals surface area contributed by atoms with Gasteiger partial charge in [0.1, 0.15) is 0 Å². The van der Waals surface area contributed by atoms with Crippen molar-refractivity contribution < 1.29 is 31.1 Å². The van der Waals surface area contributed by atoms with E-state index >= 15 is 0 Å². The van der Waals surface area contributed by atoms with Gasteiger partial charge in [0.2, 0.25) is 0 Å². The van der Waals surface area contributed by atoms with E-state index in [9.17, 15) is 31.1 Å². The van der Waals surface area contributed by atoms with Crippen LogP contribution in [0.2, 0.25) is 0 Å². The zero-order valence-electron chi connectivity index (χ0n) is 8.29. The van der Waals surface area contributed by atoms with Gasteiger partial charge in [0.15, 0.2) is 0 Å². The third kappa shape index (κ3) is 2.87. The number of carbonyl (C=O) groups is 1. The van der Waals surface area contributed by atoms with Gasteiger partial charge in [-0.25, -0.2) is 0 Å². The highest BCUT2D eigenvalue weighted by atomic mass is 35.5. The molecule has 2 N–H and O–H groups in total. The van der Waals surface area contributed by atoms with Crippen LogP contribution in [0.5, 0.6) is 0 Å². The highest BCUT2D eigenvalue weighted by molar-refractivity contribution is 6.67. The fourth-order valence-corrected chi connectivity index (χ4v) is 1.43. The zero-order chi connectivity index (χ0) is 14.3. The van der Waals surface area contributed by atoms with Crippen LogP contribution < -0.4 is 5.73 Å². The molecule has 0 radical (unpaired) electrons. The number of carbonyl (C=O) groups excluding carboxylic acids is 1. The number of anilines is 1. The first-order valence-corrected chi connectivity index (χ1v) is 4.60. The van der Waals surface area contributed by atoms with E-state index in [4.69, 9.17) is 17.3 Å². The van der Waals surface area contributed by atoms with E-state index in [0.29, 0.717) is 6.07 Å². The number of benzene rings is 1. The summed E-state index contributed by atoms with van der Waals surface area (Å²) in [6.07, 6.45) is -10.6. The topological polar surface area (TPSA) is 43.1 Å². The largest absolute Gasteiger partial charge is 0.418 e. The summed E-state index contributed by atoms with van der Waals surface area (Å²) >= 11 is 4.92. The first-order chi connectivity index (χ1) is 7.94. The Morgan fingerprint density at radius 3 is 1.89 bits per heavy atom. The lowest BCUT2D eigenvalue weighted by atomic mass is 10.0. The van der Waals surface area contributed by atoms with Gasteiger partial charge in [0, 0.05) is 11.3 Å². The molecule has 0 spiro atoms. The number of nitrogen functional groups attached to an aromatic ring is 1. The molecule has 0 fully saturated rings. The fraction of sp³-hybridized carbons (Fsp3) is 0.222. The van der Waals surface area contributed by atoms with Crippen LogP contribution in [0.25, 0.3) is 0 Å². The molecule has 2 nitrogen and oxygen atoms in total. The van der Waals surface area contributed by atoms with Crippen molar-refractivity contribution in [1.82, 2.24) is 0 Å². The molecular weight excluding hydrogens is 288 g/mol. The third-order valence-corrected chi connectivity index (χ3v) is 2.20. The van der Waals surface area contributed by atoms with Crippen molar-refractivity contribution in [2.45, 2.75) is 12.4 Å². The predicted octanol–water partition coefficient (Wildman–Crippen LogP) is 3.69. The molecular formula is C9H4ClF6NO. The Kier molecular flexibility index (Phi) is 3.53. The summed E-state index contributed by atoms with van der Waals surface area (Å²) in [6.45, 7) is 0. The molecule has 1 aromatic rings. The Hall–Kier alpha value is -1.44. The molecule has 0 aliphatic rings. The summed E-state index contributed by atoms with van der Waals surface area (Å²) in [5.41, 5.74) is -1.12. The fourth-order valence-electron chi connectivity index (χ4n) is 1.32. The van der Waals surface area contributed by atoms with Crippen molar-refractivity contribution in [3.8, 4) is 0 Å². The Morgan fingerprint density at radius 1 is 1.06 bits per heavy atom. The third-order valence-electron chi connectivity index (χ3n) is 1.98. The van der Waals surface area contributed by atoms with Crippen LogP contribution in [-0.4, -0.2) is 5.24 Å². The SMILES string of the molecule is Nc1cc(C(=O)Cl)cc(C(F)(F)F)c1C(F)(F)F. The van der Waals surface area contributed by atoms with E-state index in [1.807, 2.05) is 0 Å². The van der Waals surface area contributed by atoms with E-state index in [-0.39, 0.29) is 6.07 Å². The number of alkyl halides is 6. The summed E-state index contributed by atoms with van der Waals surface area (Å²) in [6, 6.07) is 0.474. The molecule has 18 heavy (non-hydrogen) atoms.